The number of carbonyl (C=O) groups is 1. The molecule has 0 saturated carbocycles. The Morgan fingerprint density at radius 2 is 1.93 bits per heavy atom. The van der Waals surface area contributed by atoms with Gasteiger partial charge in [0.2, 0.25) is 0 Å². The molecule has 0 atom stereocenters. The summed E-state index contributed by atoms with van der Waals surface area (Å²) in [5.74, 6) is -0.892. The lowest BCUT2D eigenvalue weighted by molar-refractivity contribution is -0.121. The number of halogens is 2. The summed E-state index contributed by atoms with van der Waals surface area (Å²) in [5.41, 5.74) is 1.25. The predicted octanol–water partition coefficient (Wildman–Crippen LogP) is 4.84. The minimum Gasteiger partial charge on any atom is -0.282 e. The van der Waals surface area contributed by atoms with Crippen LogP contribution in [0.4, 0.5) is 4.39 Å². The molecule has 1 amide bonds. The monoisotopic (exact) mass is 556 g/mol. The van der Waals surface area contributed by atoms with Crippen LogP contribution in [0.1, 0.15) is 18.1 Å². The van der Waals surface area contributed by atoms with Crippen LogP contribution in [0.25, 0.3) is 6.08 Å². The number of amides is 1. The molecule has 9 heteroatoms. The first-order valence-corrected chi connectivity index (χ1v) is 12.3. The molecule has 0 aromatic heterocycles. The maximum atomic E-state index is 14.4. The third kappa shape index (κ3) is 4.84. The van der Waals surface area contributed by atoms with Crippen molar-refractivity contribution in [1.82, 2.24) is 4.90 Å². The second-order valence-corrected chi connectivity index (χ2v) is 10.1. The number of nitrogens with zero attached hydrogens (tertiary/aromatic N) is 2. The zero-order valence-corrected chi connectivity index (χ0v) is 19.8. The van der Waals surface area contributed by atoms with Crippen molar-refractivity contribution in [2.24, 2.45) is 4.40 Å². The lowest BCUT2D eigenvalue weighted by atomic mass is 10.2. The van der Waals surface area contributed by atoms with E-state index in [-0.39, 0.29) is 27.1 Å². The second kappa shape index (κ2) is 9.44. The summed E-state index contributed by atoms with van der Waals surface area (Å²) in [4.78, 5) is 14.2. The van der Waals surface area contributed by atoms with E-state index in [9.17, 15) is 17.6 Å². The van der Waals surface area contributed by atoms with Crippen molar-refractivity contribution in [3.63, 3.8) is 0 Å². The molecule has 30 heavy (non-hydrogen) atoms. The van der Waals surface area contributed by atoms with Gasteiger partial charge in [0.25, 0.3) is 15.9 Å². The maximum Gasteiger partial charge on any atom is 0.284 e. The number of hydrogen-bond acceptors (Lipinski definition) is 4. The van der Waals surface area contributed by atoms with Gasteiger partial charge in [-0.2, -0.15) is 8.42 Å². The van der Waals surface area contributed by atoms with Gasteiger partial charge in [0.05, 0.1) is 9.80 Å². The molecular formula is C21H18FIN2O3S2. The summed E-state index contributed by atoms with van der Waals surface area (Å²) in [6.07, 6.45) is 3.67. The Labute approximate surface area is 193 Å². The van der Waals surface area contributed by atoms with Gasteiger partial charge in [-0.25, -0.2) is 4.39 Å². The highest BCUT2D eigenvalue weighted by Crippen LogP contribution is 2.34. The van der Waals surface area contributed by atoms with Gasteiger partial charge in [-0.15, -0.1) is 11.0 Å². The fourth-order valence-corrected chi connectivity index (χ4v) is 5.39. The Hall–Kier alpha value is -1.98. The average molecular weight is 556 g/mol. The van der Waals surface area contributed by atoms with Gasteiger partial charge in [0.1, 0.15) is 5.82 Å². The molecule has 2 aromatic carbocycles. The van der Waals surface area contributed by atoms with Crippen LogP contribution in [-0.4, -0.2) is 30.9 Å². The lowest BCUT2D eigenvalue weighted by Crippen LogP contribution is -2.29. The SMILES string of the molecule is C=CCN1C(=O)/C(=C/c2cccc(I)c2F)S/C1=N/S(=O)(=O)c1ccc(CC)cc1. The van der Waals surface area contributed by atoms with E-state index >= 15 is 0 Å². The molecule has 0 spiro atoms. The van der Waals surface area contributed by atoms with Crippen molar-refractivity contribution < 1.29 is 17.6 Å². The third-order valence-corrected chi connectivity index (χ3v) is 7.53. The standard InChI is InChI=1S/C21H18FIN2O3S2/c1-3-12-25-20(26)18(13-15-6-5-7-17(23)19(15)22)29-21(25)24-30(27,28)16-10-8-14(4-2)9-11-16/h3,5-11,13H,1,4,12H2,2H3/b18-13-,24-21+. The van der Waals surface area contributed by atoms with Crippen LogP contribution < -0.4 is 0 Å². The zero-order chi connectivity index (χ0) is 21.9. The van der Waals surface area contributed by atoms with Crippen LogP contribution in [0.3, 0.4) is 0 Å². The smallest absolute Gasteiger partial charge is 0.282 e. The van der Waals surface area contributed by atoms with Crippen LogP contribution >= 0.6 is 34.4 Å². The fourth-order valence-electron chi connectivity index (χ4n) is 2.69. The average Bonchev–Trinajstić information content (AvgIpc) is 3.00. The van der Waals surface area contributed by atoms with E-state index in [1.807, 2.05) is 29.5 Å². The van der Waals surface area contributed by atoms with E-state index in [2.05, 4.69) is 11.0 Å². The minimum absolute atomic E-state index is 0.0109. The number of thioether (sulfide) groups is 1. The Morgan fingerprint density at radius 3 is 2.57 bits per heavy atom. The van der Waals surface area contributed by atoms with Crippen molar-refractivity contribution in [2.75, 3.05) is 6.54 Å². The Morgan fingerprint density at radius 1 is 1.23 bits per heavy atom. The van der Waals surface area contributed by atoms with E-state index < -0.39 is 21.7 Å². The Kier molecular flexibility index (Phi) is 7.14. The van der Waals surface area contributed by atoms with Crippen molar-refractivity contribution in [3.8, 4) is 0 Å². The Balaban J connectivity index is 2.00. The number of benzene rings is 2. The molecule has 0 aliphatic carbocycles. The second-order valence-electron chi connectivity index (χ2n) is 6.30. The topological polar surface area (TPSA) is 66.8 Å². The van der Waals surface area contributed by atoms with Crippen molar-refractivity contribution in [2.45, 2.75) is 18.2 Å². The van der Waals surface area contributed by atoms with E-state index in [4.69, 9.17) is 0 Å². The summed E-state index contributed by atoms with van der Waals surface area (Å²) in [6.45, 7) is 5.67. The fraction of sp³-hybridized carbons (Fsp3) is 0.143. The van der Waals surface area contributed by atoms with Crippen LogP contribution in [0.5, 0.6) is 0 Å². The molecule has 1 saturated heterocycles. The first kappa shape index (κ1) is 22.7. The summed E-state index contributed by atoms with van der Waals surface area (Å²) >= 11 is 2.77. The molecule has 0 radical (unpaired) electrons. The first-order chi connectivity index (χ1) is 14.3. The summed E-state index contributed by atoms with van der Waals surface area (Å²) in [7, 11) is -4.02. The van der Waals surface area contributed by atoms with Gasteiger partial charge in [0, 0.05) is 15.7 Å². The van der Waals surface area contributed by atoms with Crippen LogP contribution in [0.2, 0.25) is 0 Å². The molecule has 3 rings (SSSR count). The molecule has 5 nitrogen and oxygen atoms in total. The van der Waals surface area contributed by atoms with Gasteiger partial charge in [-0.3, -0.25) is 9.69 Å². The zero-order valence-electron chi connectivity index (χ0n) is 16.0. The molecule has 0 unspecified atom stereocenters. The predicted molar refractivity (Wildman–Crippen MR) is 127 cm³/mol. The van der Waals surface area contributed by atoms with Crippen molar-refractivity contribution in [1.29, 1.82) is 0 Å². The van der Waals surface area contributed by atoms with Crippen molar-refractivity contribution >= 4 is 61.5 Å². The molecule has 1 aliphatic rings. The van der Waals surface area contributed by atoms with E-state index in [0.29, 0.717) is 3.57 Å². The Bertz CT molecular complexity index is 1160. The van der Waals surface area contributed by atoms with Gasteiger partial charge >= 0.3 is 0 Å². The lowest BCUT2D eigenvalue weighted by Gasteiger charge is -2.12. The molecule has 2 aromatic rings. The highest BCUT2D eigenvalue weighted by Gasteiger charge is 2.34. The highest BCUT2D eigenvalue weighted by atomic mass is 127. The van der Waals surface area contributed by atoms with E-state index in [0.717, 1.165) is 23.7 Å². The number of aryl methyl sites for hydroxylation is 1. The summed E-state index contributed by atoms with van der Waals surface area (Å²) in [6, 6.07) is 11.3. The van der Waals surface area contributed by atoms with Crippen LogP contribution in [0.15, 0.2) is 69.3 Å². The first-order valence-electron chi connectivity index (χ1n) is 8.97. The van der Waals surface area contributed by atoms with Crippen LogP contribution in [-0.2, 0) is 21.2 Å². The normalized spacial score (nSPS) is 17.2. The van der Waals surface area contributed by atoms with Gasteiger partial charge in [-0.1, -0.05) is 37.3 Å². The van der Waals surface area contributed by atoms with Crippen molar-refractivity contribution in [3.05, 3.63) is 80.5 Å². The largest absolute Gasteiger partial charge is 0.284 e. The van der Waals surface area contributed by atoms with Gasteiger partial charge < -0.3 is 0 Å². The number of amidine groups is 1. The van der Waals surface area contributed by atoms with Gasteiger partial charge in [-0.05, 0) is 70.6 Å². The number of rotatable bonds is 6. The van der Waals surface area contributed by atoms with E-state index in [1.165, 1.54) is 29.2 Å². The molecule has 1 aliphatic heterocycles. The van der Waals surface area contributed by atoms with Crippen LogP contribution in [0, 0.1) is 9.39 Å². The summed E-state index contributed by atoms with van der Waals surface area (Å²) < 4.78 is 44.2. The molecule has 1 heterocycles. The summed E-state index contributed by atoms with van der Waals surface area (Å²) in [5, 5.41) is 0.0109. The molecule has 1 fully saturated rings. The molecule has 0 N–H and O–H groups in total. The molecule has 156 valence electrons. The number of sulfonamides is 1. The molecular weight excluding hydrogens is 538 g/mol. The number of hydrogen-bond donors (Lipinski definition) is 0. The quantitative estimate of drug-likeness (QED) is 0.290. The molecule has 0 bridgehead atoms. The highest BCUT2D eigenvalue weighted by molar-refractivity contribution is 14.1. The maximum absolute atomic E-state index is 14.4. The van der Waals surface area contributed by atoms with Gasteiger partial charge in [0.15, 0.2) is 5.17 Å². The van der Waals surface area contributed by atoms with E-state index in [1.54, 1.807) is 30.3 Å². The minimum atomic E-state index is -4.02. The number of carbonyl (C=O) groups excluding carboxylic acids is 1. The third-order valence-electron chi connectivity index (χ3n) is 4.30.